The van der Waals surface area contributed by atoms with E-state index in [0.29, 0.717) is 12.5 Å². The van der Waals surface area contributed by atoms with Gasteiger partial charge in [-0.25, -0.2) is 9.97 Å². The van der Waals surface area contributed by atoms with Gasteiger partial charge in [-0.3, -0.25) is 4.79 Å². The van der Waals surface area contributed by atoms with E-state index < -0.39 is 0 Å². The summed E-state index contributed by atoms with van der Waals surface area (Å²) in [6.45, 7) is 1.55. The van der Waals surface area contributed by atoms with Gasteiger partial charge in [0.2, 0.25) is 5.95 Å². The molecule has 0 radical (unpaired) electrons. The van der Waals surface area contributed by atoms with Crippen LogP contribution in [-0.2, 0) is 9.53 Å². The maximum absolute atomic E-state index is 11.5. The van der Waals surface area contributed by atoms with Crippen molar-refractivity contribution in [2.45, 2.75) is 12.8 Å². The van der Waals surface area contributed by atoms with Gasteiger partial charge in [-0.2, -0.15) is 0 Å². The number of ether oxygens (including phenoxy) is 1. The molecular weight excluding hydrogens is 206 g/mol. The van der Waals surface area contributed by atoms with Crippen LogP contribution in [0.5, 0.6) is 0 Å². The summed E-state index contributed by atoms with van der Waals surface area (Å²) in [5, 5.41) is 0. The molecule has 0 aromatic carbocycles. The van der Waals surface area contributed by atoms with Crippen molar-refractivity contribution in [2.75, 3.05) is 25.1 Å². The first-order valence-corrected chi connectivity index (χ1v) is 5.41. The predicted molar refractivity (Wildman–Crippen MR) is 59.0 cm³/mol. The molecule has 0 amide bonds. The zero-order chi connectivity index (χ0) is 11.4. The Labute approximate surface area is 94.5 Å². The molecule has 0 aliphatic carbocycles. The molecule has 1 aromatic rings. The number of nitrogens with zero attached hydrogens (tertiary/aromatic N) is 3. The molecule has 1 aromatic heterocycles. The molecule has 16 heavy (non-hydrogen) atoms. The molecule has 2 heterocycles. The molecule has 0 N–H and O–H groups in total. The van der Waals surface area contributed by atoms with Crippen molar-refractivity contribution in [1.82, 2.24) is 9.97 Å². The molecule has 2 rings (SSSR count). The predicted octanol–water partition coefficient (Wildman–Crippen LogP) is 0.866. The number of hydrogen-bond donors (Lipinski definition) is 0. The topological polar surface area (TPSA) is 55.3 Å². The number of methoxy groups -OCH3 is 1. The average molecular weight is 221 g/mol. The molecule has 0 saturated carbocycles. The number of esters is 1. The summed E-state index contributed by atoms with van der Waals surface area (Å²) in [5.74, 6) is 0.499. The molecule has 1 unspecified atom stereocenters. The van der Waals surface area contributed by atoms with E-state index in [2.05, 4.69) is 9.97 Å². The van der Waals surface area contributed by atoms with E-state index in [-0.39, 0.29) is 11.9 Å². The zero-order valence-electron chi connectivity index (χ0n) is 9.30. The maximum atomic E-state index is 11.5. The fourth-order valence-corrected chi connectivity index (χ4v) is 1.97. The number of carbonyl (C=O) groups excluding carboxylic acids is 1. The van der Waals surface area contributed by atoms with E-state index in [1.54, 1.807) is 18.5 Å². The van der Waals surface area contributed by atoms with Gasteiger partial charge in [0.1, 0.15) is 0 Å². The highest BCUT2D eigenvalue weighted by molar-refractivity contribution is 5.73. The third-order valence-corrected chi connectivity index (χ3v) is 2.79. The Hall–Kier alpha value is -1.65. The number of rotatable bonds is 2. The lowest BCUT2D eigenvalue weighted by atomic mass is 9.98. The molecule has 0 spiro atoms. The highest BCUT2D eigenvalue weighted by Gasteiger charge is 2.27. The largest absolute Gasteiger partial charge is 0.469 e. The van der Waals surface area contributed by atoms with Crippen molar-refractivity contribution in [1.29, 1.82) is 0 Å². The molecule has 5 heteroatoms. The normalized spacial score (nSPS) is 20.6. The van der Waals surface area contributed by atoms with Gasteiger partial charge in [-0.15, -0.1) is 0 Å². The van der Waals surface area contributed by atoms with Crippen molar-refractivity contribution in [3.05, 3.63) is 18.5 Å². The van der Waals surface area contributed by atoms with Crippen LogP contribution in [0.3, 0.4) is 0 Å². The molecule has 5 nitrogen and oxygen atoms in total. The SMILES string of the molecule is COC(=O)C1CCCN(c2ncccn2)C1. The van der Waals surface area contributed by atoms with Crippen LogP contribution in [0.25, 0.3) is 0 Å². The molecule has 86 valence electrons. The Morgan fingerprint density at radius 3 is 2.94 bits per heavy atom. The fraction of sp³-hybridized carbons (Fsp3) is 0.545. The minimum Gasteiger partial charge on any atom is -0.469 e. The summed E-state index contributed by atoms with van der Waals surface area (Å²) in [4.78, 5) is 21.9. The Balaban J connectivity index is 2.05. The zero-order valence-corrected chi connectivity index (χ0v) is 9.30. The maximum Gasteiger partial charge on any atom is 0.310 e. The summed E-state index contributed by atoms with van der Waals surface area (Å²) in [6, 6.07) is 1.78. The number of aromatic nitrogens is 2. The smallest absolute Gasteiger partial charge is 0.310 e. The molecule has 1 atom stereocenters. The van der Waals surface area contributed by atoms with Gasteiger partial charge in [0, 0.05) is 25.5 Å². The average Bonchev–Trinajstić information content (AvgIpc) is 2.39. The quantitative estimate of drug-likeness (QED) is 0.693. The Morgan fingerprint density at radius 1 is 1.50 bits per heavy atom. The summed E-state index contributed by atoms with van der Waals surface area (Å²) >= 11 is 0. The lowest BCUT2D eigenvalue weighted by molar-refractivity contribution is -0.145. The van der Waals surface area contributed by atoms with Crippen molar-refractivity contribution in [2.24, 2.45) is 5.92 Å². The lowest BCUT2D eigenvalue weighted by Gasteiger charge is -2.31. The summed E-state index contributed by atoms with van der Waals surface area (Å²) in [6.07, 6.45) is 5.28. The second-order valence-corrected chi connectivity index (χ2v) is 3.86. The third-order valence-electron chi connectivity index (χ3n) is 2.79. The van der Waals surface area contributed by atoms with Gasteiger partial charge in [0.15, 0.2) is 0 Å². The number of anilines is 1. The molecule has 1 fully saturated rings. The van der Waals surface area contributed by atoms with Crippen LogP contribution in [0, 0.1) is 5.92 Å². The first-order valence-electron chi connectivity index (χ1n) is 5.41. The molecule has 1 aliphatic heterocycles. The third kappa shape index (κ3) is 2.29. The first kappa shape index (κ1) is 10.9. The van der Waals surface area contributed by atoms with Gasteiger partial charge in [-0.1, -0.05) is 0 Å². The number of carbonyl (C=O) groups is 1. The van der Waals surface area contributed by atoms with E-state index in [1.165, 1.54) is 7.11 Å². The van der Waals surface area contributed by atoms with Gasteiger partial charge < -0.3 is 9.64 Å². The standard InChI is InChI=1S/C11H15N3O2/c1-16-10(15)9-4-2-7-14(8-9)11-12-5-3-6-13-11/h3,5-6,9H,2,4,7-8H2,1H3. The Kier molecular flexibility index (Phi) is 3.34. The second-order valence-electron chi connectivity index (χ2n) is 3.86. The van der Waals surface area contributed by atoms with Crippen LogP contribution in [0.4, 0.5) is 5.95 Å². The number of hydrogen-bond acceptors (Lipinski definition) is 5. The van der Waals surface area contributed by atoms with Crippen LogP contribution in [0.2, 0.25) is 0 Å². The van der Waals surface area contributed by atoms with Crippen LogP contribution >= 0.6 is 0 Å². The van der Waals surface area contributed by atoms with Gasteiger partial charge >= 0.3 is 5.97 Å². The van der Waals surface area contributed by atoms with Crippen LogP contribution in [-0.4, -0.2) is 36.1 Å². The van der Waals surface area contributed by atoms with E-state index in [4.69, 9.17) is 4.74 Å². The van der Waals surface area contributed by atoms with Crippen molar-refractivity contribution in [3.8, 4) is 0 Å². The minimum absolute atomic E-state index is 0.0532. The second kappa shape index (κ2) is 4.92. The van der Waals surface area contributed by atoms with E-state index in [9.17, 15) is 4.79 Å². The monoisotopic (exact) mass is 221 g/mol. The van der Waals surface area contributed by atoms with Gasteiger partial charge in [-0.05, 0) is 18.9 Å². The minimum atomic E-state index is -0.138. The number of piperidine rings is 1. The summed E-state index contributed by atoms with van der Waals surface area (Å²) in [7, 11) is 1.43. The molecular formula is C11H15N3O2. The van der Waals surface area contributed by atoms with Gasteiger partial charge in [0.05, 0.1) is 13.0 Å². The molecule has 0 bridgehead atoms. The van der Waals surface area contributed by atoms with Crippen LogP contribution in [0.15, 0.2) is 18.5 Å². The molecule has 1 aliphatic rings. The van der Waals surface area contributed by atoms with E-state index in [1.807, 2.05) is 4.90 Å². The summed E-state index contributed by atoms with van der Waals surface area (Å²) in [5.41, 5.74) is 0. The van der Waals surface area contributed by atoms with Crippen LogP contribution < -0.4 is 4.90 Å². The lowest BCUT2D eigenvalue weighted by Crippen LogP contribution is -2.40. The van der Waals surface area contributed by atoms with Crippen molar-refractivity contribution >= 4 is 11.9 Å². The highest BCUT2D eigenvalue weighted by Crippen LogP contribution is 2.20. The van der Waals surface area contributed by atoms with Gasteiger partial charge in [0.25, 0.3) is 0 Å². The first-order chi connectivity index (χ1) is 7.81. The molecule has 1 saturated heterocycles. The van der Waals surface area contributed by atoms with Crippen LogP contribution in [0.1, 0.15) is 12.8 Å². The fourth-order valence-electron chi connectivity index (χ4n) is 1.97. The van der Waals surface area contributed by atoms with Crippen molar-refractivity contribution in [3.63, 3.8) is 0 Å². The Morgan fingerprint density at radius 2 is 2.25 bits per heavy atom. The summed E-state index contributed by atoms with van der Waals surface area (Å²) < 4.78 is 4.77. The van der Waals surface area contributed by atoms with Crippen molar-refractivity contribution < 1.29 is 9.53 Å². The van der Waals surface area contributed by atoms with E-state index in [0.717, 1.165) is 19.4 Å². The Bertz CT molecular complexity index is 356. The van der Waals surface area contributed by atoms with E-state index >= 15 is 0 Å². The highest BCUT2D eigenvalue weighted by atomic mass is 16.5.